The van der Waals surface area contributed by atoms with Crippen LogP contribution in [0.3, 0.4) is 0 Å². The first kappa shape index (κ1) is 8.61. The zero-order chi connectivity index (χ0) is 9.10. The van der Waals surface area contributed by atoms with E-state index in [0.29, 0.717) is 0 Å². The van der Waals surface area contributed by atoms with Gasteiger partial charge in [0.15, 0.2) is 0 Å². The smallest absolute Gasteiger partial charge is 0.0376 e. The van der Waals surface area contributed by atoms with Gasteiger partial charge in [-0.2, -0.15) is 0 Å². The molecule has 0 spiro atoms. The summed E-state index contributed by atoms with van der Waals surface area (Å²) in [5.41, 5.74) is 2.83. The van der Waals surface area contributed by atoms with E-state index < -0.39 is 0 Å². The van der Waals surface area contributed by atoms with Gasteiger partial charge < -0.3 is 5.32 Å². The van der Waals surface area contributed by atoms with Crippen LogP contribution in [-0.4, -0.2) is 6.54 Å². The van der Waals surface area contributed by atoms with Crippen LogP contribution in [0.5, 0.6) is 0 Å². The highest BCUT2D eigenvalue weighted by molar-refractivity contribution is 5.57. The fraction of sp³-hybridized carbons (Fsp3) is 0.417. The van der Waals surface area contributed by atoms with Gasteiger partial charge in [0.2, 0.25) is 0 Å². The Hall–Kier alpha value is -0.980. The molecule has 1 atom stereocenters. The monoisotopic (exact) mass is 174 g/mol. The van der Waals surface area contributed by atoms with Gasteiger partial charge in [-0.15, -0.1) is 0 Å². The van der Waals surface area contributed by atoms with E-state index in [-0.39, 0.29) is 0 Å². The lowest BCUT2D eigenvalue weighted by molar-refractivity contribution is 0.636. The van der Waals surface area contributed by atoms with E-state index >= 15 is 0 Å². The maximum absolute atomic E-state index is 3.88. The fourth-order valence-corrected chi connectivity index (χ4v) is 2.01. The van der Waals surface area contributed by atoms with Crippen LogP contribution < -0.4 is 5.32 Å². The Morgan fingerprint density at radius 3 is 3.08 bits per heavy atom. The molecular weight excluding hydrogens is 158 g/mol. The molecule has 1 heteroatoms. The summed E-state index contributed by atoms with van der Waals surface area (Å²) in [4.78, 5) is 0. The molecule has 0 aliphatic carbocycles. The van der Waals surface area contributed by atoms with Crippen LogP contribution in [0, 0.1) is 6.92 Å². The zero-order valence-electron chi connectivity index (χ0n) is 7.92. The van der Waals surface area contributed by atoms with Crippen molar-refractivity contribution < 1.29 is 0 Å². The summed E-state index contributed by atoms with van der Waals surface area (Å²) in [5, 5.41) is 3.44. The van der Waals surface area contributed by atoms with Crippen LogP contribution in [0.2, 0.25) is 0 Å². The normalized spacial score (nSPS) is 19.6. The minimum Gasteiger partial charge on any atom is -0.384 e. The molecule has 0 amide bonds. The van der Waals surface area contributed by atoms with Gasteiger partial charge in [-0.25, -0.2) is 0 Å². The second-order valence-corrected chi connectivity index (χ2v) is 3.66. The number of anilines is 1. The molecule has 1 aliphatic heterocycles. The lowest BCUT2D eigenvalue weighted by atomic mass is 9.96. The molecule has 1 aromatic rings. The van der Waals surface area contributed by atoms with Crippen LogP contribution in [0.1, 0.15) is 30.7 Å². The first-order valence-electron chi connectivity index (χ1n) is 5.04. The van der Waals surface area contributed by atoms with Gasteiger partial charge in [0.25, 0.3) is 0 Å². The lowest BCUT2D eigenvalue weighted by Crippen LogP contribution is -2.01. The highest BCUT2D eigenvalue weighted by atomic mass is 14.9. The molecule has 1 aliphatic rings. The molecule has 1 aromatic carbocycles. The van der Waals surface area contributed by atoms with Crippen molar-refractivity contribution in [1.29, 1.82) is 0 Å². The van der Waals surface area contributed by atoms with Gasteiger partial charge in [-0.05, 0) is 18.1 Å². The minimum atomic E-state index is 0.720. The van der Waals surface area contributed by atoms with Crippen molar-refractivity contribution in [3.05, 3.63) is 36.8 Å². The first-order valence-corrected chi connectivity index (χ1v) is 5.04. The largest absolute Gasteiger partial charge is 0.384 e. The van der Waals surface area contributed by atoms with Crippen molar-refractivity contribution >= 4 is 5.69 Å². The summed E-state index contributed by atoms with van der Waals surface area (Å²) in [6.07, 6.45) is 3.56. The van der Waals surface area contributed by atoms with Crippen LogP contribution in [0.15, 0.2) is 24.3 Å². The van der Waals surface area contributed by atoms with Gasteiger partial charge in [0, 0.05) is 18.2 Å². The molecule has 0 saturated carbocycles. The van der Waals surface area contributed by atoms with Gasteiger partial charge in [-0.3, -0.25) is 0 Å². The predicted octanol–water partition coefficient (Wildman–Crippen LogP) is 3.20. The lowest BCUT2D eigenvalue weighted by Gasteiger charge is -2.08. The van der Waals surface area contributed by atoms with Gasteiger partial charge >= 0.3 is 0 Å². The van der Waals surface area contributed by atoms with Gasteiger partial charge in [0.1, 0.15) is 0 Å². The highest BCUT2D eigenvalue weighted by Gasteiger charge is 2.20. The van der Waals surface area contributed by atoms with Crippen LogP contribution in [-0.2, 0) is 0 Å². The van der Waals surface area contributed by atoms with E-state index in [0.717, 1.165) is 18.9 Å². The molecule has 0 fully saturated rings. The molecule has 1 heterocycles. The molecule has 2 rings (SSSR count). The molecule has 69 valence electrons. The third-order valence-electron chi connectivity index (χ3n) is 2.74. The predicted molar refractivity (Wildman–Crippen MR) is 56.9 cm³/mol. The van der Waals surface area contributed by atoms with Crippen LogP contribution >= 0.6 is 0 Å². The number of unbranched alkanes of at least 4 members (excludes halogenated alkanes) is 1. The molecule has 0 aromatic heterocycles. The summed E-state index contributed by atoms with van der Waals surface area (Å²) in [6.45, 7) is 4.99. The Kier molecular flexibility index (Phi) is 2.53. The van der Waals surface area contributed by atoms with E-state index in [9.17, 15) is 0 Å². The quantitative estimate of drug-likeness (QED) is 0.742. The van der Waals surface area contributed by atoms with Crippen molar-refractivity contribution in [2.24, 2.45) is 0 Å². The Balaban J connectivity index is 2.09. The summed E-state index contributed by atoms with van der Waals surface area (Å²) in [5.74, 6) is 0.720. The van der Waals surface area contributed by atoms with Crippen molar-refractivity contribution in [2.75, 3.05) is 11.9 Å². The number of nitrogens with one attached hydrogen (secondary N) is 1. The molecule has 0 bridgehead atoms. The van der Waals surface area contributed by atoms with E-state index in [1.807, 2.05) is 0 Å². The van der Waals surface area contributed by atoms with Crippen LogP contribution in [0.25, 0.3) is 0 Å². The number of para-hydroxylation sites is 1. The summed E-state index contributed by atoms with van der Waals surface area (Å²) < 4.78 is 0. The third kappa shape index (κ3) is 1.69. The maximum atomic E-state index is 3.88. The second-order valence-electron chi connectivity index (χ2n) is 3.66. The van der Waals surface area contributed by atoms with Crippen molar-refractivity contribution in [1.82, 2.24) is 0 Å². The summed E-state index contributed by atoms with van der Waals surface area (Å²) in [6, 6.07) is 8.63. The zero-order valence-corrected chi connectivity index (χ0v) is 7.92. The molecule has 1 nitrogen and oxygen atoms in total. The molecular formula is C12H16N. The Morgan fingerprint density at radius 2 is 2.23 bits per heavy atom. The van der Waals surface area contributed by atoms with E-state index in [1.54, 1.807) is 0 Å². The maximum Gasteiger partial charge on any atom is 0.0376 e. The number of benzene rings is 1. The molecule has 1 N–H and O–H groups in total. The summed E-state index contributed by atoms with van der Waals surface area (Å²) in [7, 11) is 0. The number of hydrogen-bond acceptors (Lipinski definition) is 1. The molecule has 13 heavy (non-hydrogen) atoms. The average molecular weight is 174 g/mol. The van der Waals surface area contributed by atoms with Gasteiger partial charge in [0.05, 0.1) is 0 Å². The van der Waals surface area contributed by atoms with Crippen molar-refractivity contribution in [3.63, 3.8) is 0 Å². The number of hydrogen-bond donors (Lipinski definition) is 1. The average Bonchev–Trinajstić information content (AvgIpc) is 2.58. The summed E-state index contributed by atoms with van der Waals surface area (Å²) >= 11 is 0. The van der Waals surface area contributed by atoms with Crippen LogP contribution in [0.4, 0.5) is 5.69 Å². The SMILES string of the molecule is [CH2]CCCC1CNc2ccccc21. The van der Waals surface area contributed by atoms with E-state index in [4.69, 9.17) is 0 Å². The van der Waals surface area contributed by atoms with Crippen molar-refractivity contribution in [2.45, 2.75) is 25.2 Å². The molecule has 0 saturated heterocycles. The highest BCUT2D eigenvalue weighted by Crippen LogP contribution is 2.33. The first-order chi connectivity index (χ1) is 6.42. The molecule has 1 unspecified atom stereocenters. The Labute approximate surface area is 80.2 Å². The molecule has 1 radical (unpaired) electrons. The Bertz CT molecular complexity index is 280. The fourth-order valence-electron chi connectivity index (χ4n) is 2.01. The third-order valence-corrected chi connectivity index (χ3v) is 2.74. The number of rotatable bonds is 3. The van der Waals surface area contributed by atoms with Crippen molar-refractivity contribution in [3.8, 4) is 0 Å². The van der Waals surface area contributed by atoms with Gasteiger partial charge in [-0.1, -0.05) is 38.0 Å². The topological polar surface area (TPSA) is 12.0 Å². The second kappa shape index (κ2) is 3.82. The van der Waals surface area contributed by atoms with E-state index in [1.165, 1.54) is 24.1 Å². The Morgan fingerprint density at radius 1 is 1.38 bits per heavy atom. The standard InChI is InChI=1S/C12H16N/c1-2-3-6-10-9-13-12-8-5-4-7-11(10)12/h4-5,7-8,10,13H,1-3,6,9H2. The van der Waals surface area contributed by atoms with E-state index in [2.05, 4.69) is 36.5 Å². The number of fused-ring (bicyclic) bond motifs is 1. The minimum absolute atomic E-state index is 0.720.